The zero-order valence-corrected chi connectivity index (χ0v) is 11.7. The van der Waals surface area contributed by atoms with Gasteiger partial charge in [-0.05, 0) is 42.9 Å². The van der Waals surface area contributed by atoms with Crippen molar-refractivity contribution in [1.29, 1.82) is 0 Å². The van der Waals surface area contributed by atoms with Gasteiger partial charge in [-0.2, -0.15) is 0 Å². The van der Waals surface area contributed by atoms with E-state index in [1.54, 1.807) is 19.2 Å². The van der Waals surface area contributed by atoms with Crippen LogP contribution in [0.4, 0.5) is 9.18 Å². The summed E-state index contributed by atoms with van der Waals surface area (Å²) in [4.78, 5) is 13.3. The second-order valence-electron chi connectivity index (χ2n) is 5.39. The molecule has 1 aromatic rings. The molecule has 1 aliphatic rings. The number of halogens is 1. The molecule has 2 rings (SSSR count). The number of amides is 2. The number of urea groups is 1. The second kappa shape index (κ2) is 6.70. The van der Waals surface area contributed by atoms with E-state index in [1.807, 2.05) is 0 Å². The summed E-state index contributed by atoms with van der Waals surface area (Å²) in [5.74, 6) is 0.107. The van der Waals surface area contributed by atoms with Crippen LogP contribution in [0.5, 0.6) is 0 Å². The fourth-order valence-corrected chi connectivity index (χ4v) is 2.09. The molecule has 0 spiro atoms. The summed E-state index contributed by atoms with van der Waals surface area (Å²) in [5.41, 5.74) is 0.979. The molecule has 1 atom stereocenters. The Balaban J connectivity index is 1.67. The Hall–Kier alpha value is -1.62. The Bertz CT molecular complexity index is 446. The maximum atomic E-state index is 12.7. The van der Waals surface area contributed by atoms with Crippen molar-refractivity contribution in [1.82, 2.24) is 10.2 Å². The quantitative estimate of drug-likeness (QED) is 0.834. The van der Waals surface area contributed by atoms with Gasteiger partial charge in [0.25, 0.3) is 0 Å². The molecule has 0 saturated heterocycles. The van der Waals surface area contributed by atoms with Gasteiger partial charge in [0.1, 0.15) is 5.82 Å². The lowest BCUT2D eigenvalue weighted by Gasteiger charge is -2.21. The summed E-state index contributed by atoms with van der Waals surface area (Å²) >= 11 is 0. The first-order chi connectivity index (χ1) is 9.56. The van der Waals surface area contributed by atoms with Crippen molar-refractivity contribution in [3.63, 3.8) is 0 Å². The SMILES string of the molecule is CN(CC(O)C1CC1)C(=O)NCCc1ccc(F)cc1. The van der Waals surface area contributed by atoms with E-state index in [9.17, 15) is 14.3 Å². The van der Waals surface area contributed by atoms with E-state index in [0.29, 0.717) is 25.4 Å². The Kier molecular flexibility index (Phi) is 4.95. The highest BCUT2D eigenvalue weighted by Crippen LogP contribution is 2.32. The van der Waals surface area contributed by atoms with E-state index in [0.717, 1.165) is 18.4 Å². The van der Waals surface area contributed by atoms with Crippen LogP contribution in [0.15, 0.2) is 24.3 Å². The number of rotatable bonds is 6. The Morgan fingerprint density at radius 1 is 1.45 bits per heavy atom. The summed E-state index contributed by atoms with van der Waals surface area (Å²) in [6.45, 7) is 0.862. The molecule has 0 aromatic heterocycles. The molecule has 1 fully saturated rings. The van der Waals surface area contributed by atoms with E-state index < -0.39 is 6.10 Å². The summed E-state index contributed by atoms with van der Waals surface area (Å²) < 4.78 is 12.7. The highest BCUT2D eigenvalue weighted by atomic mass is 19.1. The van der Waals surface area contributed by atoms with Gasteiger partial charge < -0.3 is 15.3 Å². The summed E-state index contributed by atoms with van der Waals surface area (Å²) in [6.07, 6.45) is 2.36. The van der Waals surface area contributed by atoms with Crippen molar-refractivity contribution in [2.45, 2.75) is 25.4 Å². The fraction of sp³-hybridized carbons (Fsp3) is 0.533. The highest BCUT2D eigenvalue weighted by molar-refractivity contribution is 5.73. The molecular formula is C15H21FN2O2. The number of likely N-dealkylation sites (N-methyl/N-ethyl adjacent to an activating group) is 1. The van der Waals surface area contributed by atoms with Gasteiger partial charge in [-0.15, -0.1) is 0 Å². The van der Waals surface area contributed by atoms with Gasteiger partial charge in [-0.25, -0.2) is 9.18 Å². The molecule has 0 aliphatic heterocycles. The Morgan fingerprint density at radius 2 is 2.10 bits per heavy atom. The van der Waals surface area contributed by atoms with Crippen molar-refractivity contribution in [3.05, 3.63) is 35.6 Å². The van der Waals surface area contributed by atoms with Crippen LogP contribution < -0.4 is 5.32 Å². The number of carbonyl (C=O) groups excluding carboxylic acids is 1. The summed E-state index contributed by atoms with van der Waals surface area (Å²) in [7, 11) is 1.68. The number of hydrogen-bond acceptors (Lipinski definition) is 2. The number of benzene rings is 1. The van der Waals surface area contributed by atoms with Crippen molar-refractivity contribution < 1.29 is 14.3 Å². The maximum Gasteiger partial charge on any atom is 0.317 e. The predicted molar refractivity (Wildman–Crippen MR) is 74.9 cm³/mol. The smallest absolute Gasteiger partial charge is 0.317 e. The molecular weight excluding hydrogens is 259 g/mol. The third-order valence-corrected chi connectivity index (χ3v) is 3.58. The second-order valence-corrected chi connectivity index (χ2v) is 5.39. The van der Waals surface area contributed by atoms with Gasteiger partial charge in [0.05, 0.1) is 6.10 Å². The molecule has 110 valence electrons. The first-order valence-corrected chi connectivity index (χ1v) is 6.97. The van der Waals surface area contributed by atoms with Crippen molar-refractivity contribution in [2.75, 3.05) is 20.1 Å². The number of nitrogens with zero attached hydrogens (tertiary/aromatic N) is 1. The number of carbonyl (C=O) groups is 1. The van der Waals surface area contributed by atoms with Crippen molar-refractivity contribution in [3.8, 4) is 0 Å². The lowest BCUT2D eigenvalue weighted by Crippen LogP contribution is -2.42. The average Bonchev–Trinajstić information content (AvgIpc) is 3.25. The highest BCUT2D eigenvalue weighted by Gasteiger charge is 2.31. The number of hydrogen-bond donors (Lipinski definition) is 2. The number of aliphatic hydroxyl groups is 1. The molecule has 2 amide bonds. The molecule has 1 aromatic carbocycles. The Morgan fingerprint density at radius 3 is 2.70 bits per heavy atom. The lowest BCUT2D eigenvalue weighted by atomic mass is 10.1. The Labute approximate surface area is 118 Å². The van der Waals surface area contributed by atoms with Crippen LogP contribution in [0.1, 0.15) is 18.4 Å². The molecule has 2 N–H and O–H groups in total. The molecule has 4 nitrogen and oxygen atoms in total. The van der Waals surface area contributed by atoms with E-state index in [-0.39, 0.29) is 11.8 Å². The minimum absolute atomic E-state index is 0.188. The first-order valence-electron chi connectivity index (χ1n) is 6.97. The van der Waals surface area contributed by atoms with Gasteiger partial charge in [0.2, 0.25) is 0 Å². The predicted octanol–water partition coefficient (Wildman–Crippen LogP) is 1.78. The van der Waals surface area contributed by atoms with E-state index >= 15 is 0 Å². The van der Waals surface area contributed by atoms with Gasteiger partial charge in [-0.1, -0.05) is 12.1 Å². The minimum Gasteiger partial charge on any atom is -0.391 e. The molecule has 0 bridgehead atoms. The topological polar surface area (TPSA) is 52.6 Å². The van der Waals surface area contributed by atoms with Crippen LogP contribution >= 0.6 is 0 Å². The molecule has 20 heavy (non-hydrogen) atoms. The van der Waals surface area contributed by atoms with Gasteiger partial charge in [0, 0.05) is 20.1 Å². The molecule has 1 unspecified atom stereocenters. The molecule has 5 heteroatoms. The van der Waals surface area contributed by atoms with Crippen LogP contribution in [0.25, 0.3) is 0 Å². The van der Waals surface area contributed by atoms with Crippen molar-refractivity contribution >= 4 is 6.03 Å². The van der Waals surface area contributed by atoms with E-state index in [2.05, 4.69) is 5.32 Å². The molecule has 1 saturated carbocycles. The standard InChI is InChI=1S/C15H21FN2O2/c1-18(10-14(19)12-4-5-12)15(20)17-9-8-11-2-6-13(16)7-3-11/h2-3,6-7,12,14,19H,4-5,8-10H2,1H3,(H,17,20). The van der Waals surface area contributed by atoms with E-state index in [4.69, 9.17) is 0 Å². The van der Waals surface area contributed by atoms with Crippen LogP contribution in [-0.4, -0.2) is 42.3 Å². The van der Waals surface area contributed by atoms with Crippen LogP contribution in [0.2, 0.25) is 0 Å². The molecule has 0 radical (unpaired) electrons. The third kappa shape index (κ3) is 4.49. The normalized spacial score (nSPS) is 15.8. The van der Waals surface area contributed by atoms with Gasteiger partial charge >= 0.3 is 6.03 Å². The van der Waals surface area contributed by atoms with Gasteiger partial charge in [-0.3, -0.25) is 0 Å². The largest absolute Gasteiger partial charge is 0.391 e. The van der Waals surface area contributed by atoms with Crippen LogP contribution in [0.3, 0.4) is 0 Å². The molecule has 1 aliphatic carbocycles. The monoisotopic (exact) mass is 280 g/mol. The van der Waals surface area contributed by atoms with Crippen LogP contribution in [-0.2, 0) is 6.42 Å². The van der Waals surface area contributed by atoms with Gasteiger partial charge in [0.15, 0.2) is 0 Å². The minimum atomic E-state index is -0.414. The van der Waals surface area contributed by atoms with E-state index in [1.165, 1.54) is 17.0 Å². The number of nitrogens with one attached hydrogen (secondary N) is 1. The average molecular weight is 280 g/mol. The third-order valence-electron chi connectivity index (χ3n) is 3.58. The molecule has 0 heterocycles. The first kappa shape index (κ1) is 14.8. The van der Waals surface area contributed by atoms with Crippen LogP contribution in [0, 0.1) is 11.7 Å². The lowest BCUT2D eigenvalue weighted by molar-refractivity contribution is 0.113. The zero-order valence-electron chi connectivity index (χ0n) is 11.7. The summed E-state index contributed by atoms with van der Waals surface area (Å²) in [6, 6.07) is 6.06. The fourth-order valence-electron chi connectivity index (χ4n) is 2.09. The summed E-state index contributed by atoms with van der Waals surface area (Å²) in [5, 5.41) is 12.6. The number of aliphatic hydroxyl groups excluding tert-OH is 1. The zero-order chi connectivity index (χ0) is 14.5. The van der Waals surface area contributed by atoms with Crippen molar-refractivity contribution in [2.24, 2.45) is 5.92 Å². The maximum absolute atomic E-state index is 12.7.